The van der Waals surface area contributed by atoms with Gasteiger partial charge in [0, 0.05) is 5.54 Å². The highest BCUT2D eigenvalue weighted by atomic mass is 16.3. The highest BCUT2D eigenvalue weighted by Crippen LogP contribution is 2.34. The van der Waals surface area contributed by atoms with Crippen LogP contribution in [0.3, 0.4) is 0 Å². The molecule has 5 N–H and O–H groups in total. The van der Waals surface area contributed by atoms with Crippen LogP contribution < -0.4 is 11.1 Å². The minimum absolute atomic E-state index is 0.0637. The summed E-state index contributed by atoms with van der Waals surface area (Å²) in [5, 5.41) is 21.7. The number of carbonyl (C=O) groups excluding carboxylic acids is 1. The molecule has 2 rings (SSSR count). The SMILES string of the molecule is CCC1(NC(=O)[C@@H](N)Cc2ccc(O)c(O)c2)CCC1. The zero-order chi connectivity index (χ0) is 14.8. The van der Waals surface area contributed by atoms with Gasteiger partial charge in [-0.05, 0) is 49.8 Å². The van der Waals surface area contributed by atoms with Crippen LogP contribution in [0.5, 0.6) is 11.5 Å². The third-order valence-corrected chi connectivity index (χ3v) is 4.21. The van der Waals surface area contributed by atoms with Gasteiger partial charge in [-0.3, -0.25) is 4.79 Å². The average Bonchev–Trinajstić information content (AvgIpc) is 2.38. The minimum atomic E-state index is -0.650. The van der Waals surface area contributed by atoms with Gasteiger partial charge in [0.2, 0.25) is 5.91 Å². The lowest BCUT2D eigenvalue weighted by atomic mass is 9.74. The molecule has 1 aliphatic rings. The van der Waals surface area contributed by atoms with Crippen molar-refractivity contribution in [3.05, 3.63) is 23.8 Å². The van der Waals surface area contributed by atoms with E-state index in [0.717, 1.165) is 31.2 Å². The van der Waals surface area contributed by atoms with Gasteiger partial charge in [0.1, 0.15) is 0 Å². The average molecular weight is 278 g/mol. The molecule has 0 saturated heterocycles. The monoisotopic (exact) mass is 278 g/mol. The first-order valence-corrected chi connectivity index (χ1v) is 7.04. The lowest BCUT2D eigenvalue weighted by molar-refractivity contribution is -0.125. The third-order valence-electron chi connectivity index (χ3n) is 4.21. The van der Waals surface area contributed by atoms with E-state index >= 15 is 0 Å². The van der Waals surface area contributed by atoms with E-state index in [1.807, 2.05) is 0 Å². The van der Waals surface area contributed by atoms with Gasteiger partial charge < -0.3 is 21.3 Å². The molecule has 5 heteroatoms. The van der Waals surface area contributed by atoms with Crippen molar-refractivity contribution >= 4 is 5.91 Å². The molecule has 1 fully saturated rings. The molecule has 0 aliphatic heterocycles. The molecule has 0 spiro atoms. The van der Waals surface area contributed by atoms with Crippen LogP contribution in [0.15, 0.2) is 18.2 Å². The number of phenols is 2. The van der Waals surface area contributed by atoms with Crippen molar-refractivity contribution in [1.29, 1.82) is 0 Å². The largest absolute Gasteiger partial charge is 0.504 e. The van der Waals surface area contributed by atoms with E-state index in [1.54, 1.807) is 6.07 Å². The summed E-state index contributed by atoms with van der Waals surface area (Å²) in [7, 11) is 0. The fourth-order valence-electron chi connectivity index (χ4n) is 2.57. The van der Waals surface area contributed by atoms with Gasteiger partial charge in [-0.1, -0.05) is 13.0 Å². The molecule has 1 amide bonds. The summed E-state index contributed by atoms with van der Waals surface area (Å²) >= 11 is 0. The highest BCUT2D eigenvalue weighted by molar-refractivity contribution is 5.82. The summed E-state index contributed by atoms with van der Waals surface area (Å²) in [6, 6.07) is 3.83. The topological polar surface area (TPSA) is 95.6 Å². The van der Waals surface area contributed by atoms with Crippen molar-refractivity contribution in [3.8, 4) is 11.5 Å². The molecule has 0 heterocycles. The summed E-state index contributed by atoms with van der Waals surface area (Å²) in [5.41, 5.74) is 6.58. The van der Waals surface area contributed by atoms with Crippen molar-refractivity contribution in [2.75, 3.05) is 0 Å². The molecule has 1 aromatic carbocycles. The molecule has 1 aliphatic carbocycles. The molecular weight excluding hydrogens is 256 g/mol. The Morgan fingerprint density at radius 2 is 2.10 bits per heavy atom. The van der Waals surface area contributed by atoms with E-state index in [0.29, 0.717) is 6.42 Å². The van der Waals surface area contributed by atoms with Crippen LogP contribution in [-0.4, -0.2) is 27.7 Å². The third kappa shape index (κ3) is 3.04. The van der Waals surface area contributed by atoms with Crippen LogP contribution in [0.25, 0.3) is 0 Å². The van der Waals surface area contributed by atoms with Crippen molar-refractivity contribution in [1.82, 2.24) is 5.32 Å². The van der Waals surface area contributed by atoms with Crippen LogP contribution in [0.4, 0.5) is 0 Å². The van der Waals surface area contributed by atoms with Gasteiger partial charge in [-0.15, -0.1) is 0 Å². The van der Waals surface area contributed by atoms with Crippen molar-refractivity contribution < 1.29 is 15.0 Å². The molecular formula is C15H22N2O3. The van der Waals surface area contributed by atoms with E-state index in [9.17, 15) is 15.0 Å². The lowest BCUT2D eigenvalue weighted by Gasteiger charge is -2.42. The van der Waals surface area contributed by atoms with Crippen molar-refractivity contribution in [2.45, 2.75) is 50.6 Å². The predicted octanol–water partition coefficient (Wildman–Crippen LogP) is 1.42. The second-order valence-corrected chi connectivity index (χ2v) is 5.61. The number of amides is 1. The Hall–Kier alpha value is -1.75. The maximum absolute atomic E-state index is 12.1. The number of hydrogen-bond donors (Lipinski definition) is 4. The molecule has 0 bridgehead atoms. The summed E-state index contributed by atoms with van der Waals surface area (Å²) in [6.45, 7) is 2.07. The van der Waals surface area contributed by atoms with Crippen LogP contribution in [0, 0.1) is 0 Å². The molecule has 1 atom stereocenters. The van der Waals surface area contributed by atoms with Gasteiger partial charge in [0.25, 0.3) is 0 Å². The zero-order valence-corrected chi connectivity index (χ0v) is 11.7. The van der Waals surface area contributed by atoms with E-state index in [2.05, 4.69) is 12.2 Å². The van der Waals surface area contributed by atoms with Crippen LogP contribution in [-0.2, 0) is 11.2 Å². The Bertz CT molecular complexity index is 492. The lowest BCUT2D eigenvalue weighted by Crippen LogP contribution is -2.57. The quantitative estimate of drug-likeness (QED) is 0.612. The molecule has 1 aromatic rings. The van der Waals surface area contributed by atoms with E-state index in [-0.39, 0.29) is 22.9 Å². The molecule has 5 nitrogen and oxygen atoms in total. The van der Waals surface area contributed by atoms with Crippen LogP contribution in [0.1, 0.15) is 38.2 Å². The maximum Gasteiger partial charge on any atom is 0.237 e. The molecule has 20 heavy (non-hydrogen) atoms. The number of aromatic hydroxyl groups is 2. The van der Waals surface area contributed by atoms with Gasteiger partial charge >= 0.3 is 0 Å². The smallest absolute Gasteiger partial charge is 0.237 e. The van der Waals surface area contributed by atoms with Crippen LogP contribution in [0.2, 0.25) is 0 Å². The van der Waals surface area contributed by atoms with E-state index in [1.165, 1.54) is 12.1 Å². The van der Waals surface area contributed by atoms with E-state index in [4.69, 9.17) is 5.73 Å². The summed E-state index contributed by atoms with van der Waals surface area (Å²) < 4.78 is 0. The first kappa shape index (κ1) is 14.7. The Morgan fingerprint density at radius 3 is 2.60 bits per heavy atom. The number of nitrogens with two attached hydrogens (primary N) is 1. The van der Waals surface area contributed by atoms with Gasteiger partial charge in [-0.2, -0.15) is 0 Å². The molecule has 0 aromatic heterocycles. The summed E-state index contributed by atoms with van der Waals surface area (Å²) in [5.74, 6) is -0.524. The maximum atomic E-state index is 12.1. The highest BCUT2D eigenvalue weighted by Gasteiger charge is 2.37. The summed E-state index contributed by atoms with van der Waals surface area (Å²) in [6.07, 6.45) is 4.43. The number of carbonyl (C=O) groups is 1. The fraction of sp³-hybridized carbons (Fsp3) is 0.533. The Morgan fingerprint density at radius 1 is 1.40 bits per heavy atom. The summed E-state index contributed by atoms with van der Waals surface area (Å²) in [4.78, 5) is 12.1. The molecule has 0 unspecified atom stereocenters. The minimum Gasteiger partial charge on any atom is -0.504 e. The number of phenolic OH excluding ortho intramolecular Hbond substituents is 2. The second-order valence-electron chi connectivity index (χ2n) is 5.61. The number of rotatable bonds is 5. The van der Waals surface area contributed by atoms with Crippen molar-refractivity contribution in [2.24, 2.45) is 5.73 Å². The Kier molecular flexibility index (Phi) is 4.18. The van der Waals surface area contributed by atoms with Crippen molar-refractivity contribution in [3.63, 3.8) is 0 Å². The van der Waals surface area contributed by atoms with Gasteiger partial charge in [0.15, 0.2) is 11.5 Å². The number of benzene rings is 1. The first-order chi connectivity index (χ1) is 9.46. The predicted molar refractivity (Wildman–Crippen MR) is 76.5 cm³/mol. The zero-order valence-electron chi connectivity index (χ0n) is 11.7. The second kappa shape index (κ2) is 5.71. The Balaban J connectivity index is 1.95. The fourth-order valence-corrected chi connectivity index (χ4v) is 2.57. The number of nitrogens with one attached hydrogen (secondary N) is 1. The normalized spacial score (nSPS) is 18.1. The molecule has 1 saturated carbocycles. The van der Waals surface area contributed by atoms with Crippen LogP contribution >= 0.6 is 0 Å². The first-order valence-electron chi connectivity index (χ1n) is 7.04. The standard InChI is InChI=1S/C15H22N2O3/c1-2-15(6-3-7-15)17-14(20)11(16)8-10-4-5-12(18)13(19)9-10/h4-5,9,11,18-19H,2-3,6-8,16H2,1H3,(H,17,20)/t11-/m0/s1. The number of hydrogen-bond acceptors (Lipinski definition) is 4. The van der Waals surface area contributed by atoms with Gasteiger partial charge in [0.05, 0.1) is 6.04 Å². The van der Waals surface area contributed by atoms with Gasteiger partial charge in [-0.25, -0.2) is 0 Å². The Labute approximate surface area is 118 Å². The molecule has 110 valence electrons. The molecule has 0 radical (unpaired) electrons. The van der Waals surface area contributed by atoms with E-state index < -0.39 is 6.04 Å².